The molecule has 0 bridgehead atoms. The van der Waals surface area contributed by atoms with Crippen LogP contribution in [0.3, 0.4) is 0 Å². The molecule has 4 aromatic rings. The van der Waals surface area contributed by atoms with E-state index in [4.69, 9.17) is 29.6 Å². The number of hydrazine groups is 1. The van der Waals surface area contributed by atoms with Gasteiger partial charge in [-0.2, -0.15) is 18.4 Å². The van der Waals surface area contributed by atoms with Crippen molar-refractivity contribution in [3.8, 4) is 35.4 Å². The van der Waals surface area contributed by atoms with E-state index in [0.717, 1.165) is 19.1 Å². The lowest BCUT2D eigenvalue weighted by molar-refractivity contribution is 0.0293. The van der Waals surface area contributed by atoms with Gasteiger partial charge in [-0.25, -0.2) is 18.6 Å². The number of benzene rings is 2. The molecule has 53 heavy (non-hydrogen) atoms. The van der Waals surface area contributed by atoms with E-state index in [0.29, 0.717) is 24.6 Å². The molecule has 13 nitrogen and oxygen atoms in total. The molecule has 2 heterocycles. The number of terminal acetylenes is 1. The van der Waals surface area contributed by atoms with Gasteiger partial charge in [0.2, 0.25) is 0 Å². The van der Waals surface area contributed by atoms with Crippen LogP contribution in [0.15, 0.2) is 30.5 Å². The number of fused-ring (bicyclic) bond motifs is 2. The molecule has 0 aliphatic heterocycles. The van der Waals surface area contributed by atoms with Gasteiger partial charge in [-0.3, -0.25) is 14.6 Å². The van der Waals surface area contributed by atoms with Gasteiger partial charge in [0.15, 0.2) is 18.4 Å². The van der Waals surface area contributed by atoms with E-state index in [-0.39, 0.29) is 77.2 Å². The van der Waals surface area contributed by atoms with Gasteiger partial charge in [-0.05, 0) is 63.6 Å². The second kappa shape index (κ2) is 16.0. The highest BCUT2D eigenvalue weighted by molar-refractivity contribution is 7.85. The Labute approximate surface area is 307 Å². The van der Waals surface area contributed by atoms with Crippen molar-refractivity contribution in [2.24, 2.45) is 5.41 Å². The number of aromatic nitrogens is 3. The van der Waals surface area contributed by atoms with Crippen LogP contribution in [0.5, 0.6) is 11.8 Å². The maximum Gasteiger partial charge on any atom is 0.429 e. The second-order valence-corrected chi connectivity index (χ2v) is 15.6. The molecule has 0 radical (unpaired) electrons. The largest absolute Gasteiger partial charge is 0.468 e. The number of carbonyl (C=O) groups is 1. The van der Waals surface area contributed by atoms with Gasteiger partial charge >= 0.3 is 12.1 Å². The third kappa shape index (κ3) is 9.78. The first-order valence-corrected chi connectivity index (χ1v) is 18.8. The van der Waals surface area contributed by atoms with Crippen LogP contribution in [0, 0.1) is 29.4 Å². The average molecular weight is 756 g/mol. The molecule has 2 aromatic carbocycles. The maximum absolute atomic E-state index is 17.0. The van der Waals surface area contributed by atoms with Gasteiger partial charge in [0.25, 0.3) is 10.1 Å². The van der Waals surface area contributed by atoms with Crippen molar-refractivity contribution < 1.29 is 45.1 Å². The Hall–Kier alpha value is -4.85. The summed E-state index contributed by atoms with van der Waals surface area (Å²) in [5.41, 5.74) is 1.11. The maximum atomic E-state index is 17.0. The summed E-state index contributed by atoms with van der Waals surface area (Å²) in [5.74, 6) is 1.03. The molecule has 0 atom stereocenters. The third-order valence-corrected chi connectivity index (χ3v) is 8.88. The SMILES string of the molecule is C#Cc1c(F)ccc2cc(OCOC)cc(-c3ncc4c(NN(CCCCC)C(=O)OC(C)(C)C)nc(OCC5(COS(C)(=O)=O)CC5)nc4c3F)c12. The molecule has 1 aliphatic carbocycles. The van der Waals surface area contributed by atoms with Crippen LogP contribution in [0.1, 0.15) is 65.4 Å². The first-order valence-electron chi connectivity index (χ1n) is 17.0. The molecule has 284 valence electrons. The smallest absolute Gasteiger partial charge is 0.429 e. The highest BCUT2D eigenvalue weighted by Gasteiger charge is 2.45. The molecule has 1 amide bonds. The zero-order valence-electron chi connectivity index (χ0n) is 30.5. The Morgan fingerprint density at radius 2 is 1.87 bits per heavy atom. The molecule has 5 rings (SSSR count). The molecule has 2 aromatic heterocycles. The van der Waals surface area contributed by atoms with Crippen molar-refractivity contribution >= 4 is 43.7 Å². The number of pyridine rings is 1. The number of rotatable bonds is 16. The monoisotopic (exact) mass is 755 g/mol. The van der Waals surface area contributed by atoms with E-state index in [2.05, 4.69) is 26.3 Å². The molecule has 0 spiro atoms. The molecule has 16 heteroatoms. The molecule has 1 fully saturated rings. The van der Waals surface area contributed by atoms with Crippen molar-refractivity contribution in [2.45, 2.75) is 65.4 Å². The number of amides is 1. The van der Waals surface area contributed by atoms with Gasteiger partial charge in [0, 0.05) is 36.2 Å². The Morgan fingerprint density at radius 1 is 1.11 bits per heavy atom. The lowest BCUT2D eigenvalue weighted by Gasteiger charge is -2.28. The Bertz CT molecular complexity index is 2150. The Morgan fingerprint density at radius 3 is 2.51 bits per heavy atom. The highest BCUT2D eigenvalue weighted by atomic mass is 32.2. The van der Waals surface area contributed by atoms with Crippen molar-refractivity contribution in [1.82, 2.24) is 20.0 Å². The standard InChI is InChI=1S/C37H43F2N5O8S/c1-8-10-11-16-44(35(45)52-36(3,4)5)43-33-27-19-40-31(26-18-24(50-22-48-6)17-23-12-13-28(38)25(9-2)29(23)26)30(39)32(27)41-34(42-33)49-20-37(14-15-37)21-51-53(7,46)47/h2,12-13,17-19H,8,10-11,14-16,20-22H2,1,3-7H3,(H,41,42,43). The Kier molecular flexibility index (Phi) is 11.9. The van der Waals surface area contributed by atoms with E-state index in [1.807, 2.05) is 6.92 Å². The molecule has 0 unspecified atom stereocenters. The number of anilines is 1. The summed E-state index contributed by atoms with van der Waals surface area (Å²) in [6.45, 7) is 7.20. The fourth-order valence-electron chi connectivity index (χ4n) is 5.44. The van der Waals surface area contributed by atoms with Gasteiger partial charge in [0.1, 0.15) is 28.4 Å². The summed E-state index contributed by atoms with van der Waals surface area (Å²) in [5, 5.41) is 2.01. The number of unbranched alkanes of at least 4 members (excludes halogenated alkanes) is 2. The molecular formula is C37H43F2N5O8S. The molecular weight excluding hydrogens is 712 g/mol. The van der Waals surface area contributed by atoms with E-state index >= 15 is 8.78 Å². The minimum atomic E-state index is -3.70. The minimum Gasteiger partial charge on any atom is -0.468 e. The lowest BCUT2D eigenvalue weighted by Crippen LogP contribution is -2.41. The Balaban J connectivity index is 1.66. The number of hydrogen-bond acceptors (Lipinski definition) is 12. The number of nitrogens with zero attached hydrogens (tertiary/aromatic N) is 4. The zero-order chi connectivity index (χ0) is 38.6. The number of ether oxygens (including phenoxy) is 4. The van der Waals surface area contributed by atoms with Crippen LogP contribution in [0.25, 0.3) is 32.9 Å². The minimum absolute atomic E-state index is 0.0139. The van der Waals surface area contributed by atoms with Crippen molar-refractivity contribution in [3.63, 3.8) is 0 Å². The zero-order valence-corrected chi connectivity index (χ0v) is 31.4. The third-order valence-electron chi connectivity index (χ3n) is 8.33. The highest BCUT2D eigenvalue weighted by Crippen LogP contribution is 2.46. The van der Waals surface area contributed by atoms with Crippen LogP contribution in [0.2, 0.25) is 0 Å². The normalized spacial score (nSPS) is 13.8. The predicted molar refractivity (Wildman–Crippen MR) is 195 cm³/mol. The van der Waals surface area contributed by atoms with Crippen molar-refractivity contribution in [1.29, 1.82) is 0 Å². The topological polar surface area (TPSA) is 151 Å². The summed E-state index contributed by atoms with van der Waals surface area (Å²) in [4.78, 5) is 26.7. The fraction of sp³-hybridized carbons (Fsp3) is 0.459. The number of methoxy groups -OCH3 is 1. The molecule has 0 saturated heterocycles. The molecule has 1 saturated carbocycles. The van der Waals surface area contributed by atoms with Crippen molar-refractivity contribution in [3.05, 3.63) is 47.7 Å². The van der Waals surface area contributed by atoms with Crippen molar-refractivity contribution in [2.75, 3.05) is 45.3 Å². The summed E-state index contributed by atoms with van der Waals surface area (Å²) >= 11 is 0. The van der Waals surface area contributed by atoms with Crippen LogP contribution in [-0.2, 0) is 23.8 Å². The quantitative estimate of drug-likeness (QED) is 0.0413. The van der Waals surface area contributed by atoms with Crippen LogP contribution >= 0.6 is 0 Å². The summed E-state index contributed by atoms with van der Waals surface area (Å²) < 4.78 is 82.8. The summed E-state index contributed by atoms with van der Waals surface area (Å²) in [6, 6.07) is 5.54. The van der Waals surface area contributed by atoms with Crippen LogP contribution in [0.4, 0.5) is 19.4 Å². The average Bonchev–Trinajstić information content (AvgIpc) is 3.88. The number of hydrogen-bond donors (Lipinski definition) is 1. The van der Waals surface area contributed by atoms with Gasteiger partial charge in [-0.15, -0.1) is 6.42 Å². The lowest BCUT2D eigenvalue weighted by atomic mass is 9.95. The van der Waals surface area contributed by atoms with E-state index in [1.54, 1.807) is 26.8 Å². The first kappa shape index (κ1) is 39.4. The number of nitrogens with one attached hydrogen (secondary N) is 1. The summed E-state index contributed by atoms with van der Waals surface area (Å²) in [7, 11) is -2.26. The molecule has 1 aliphatic rings. The predicted octanol–water partition coefficient (Wildman–Crippen LogP) is 6.98. The number of carbonyl (C=O) groups excluding carboxylic acids is 1. The summed E-state index contributed by atoms with van der Waals surface area (Å²) in [6.07, 6.45) is 10.9. The fourth-order valence-corrected chi connectivity index (χ4v) is 5.90. The molecule has 1 N–H and O–H groups in total. The van der Waals surface area contributed by atoms with E-state index in [1.165, 1.54) is 36.5 Å². The van der Waals surface area contributed by atoms with Crippen LogP contribution < -0.4 is 14.9 Å². The van der Waals surface area contributed by atoms with E-state index in [9.17, 15) is 13.2 Å². The first-order chi connectivity index (χ1) is 25.1. The number of halogens is 2. The second-order valence-electron chi connectivity index (χ2n) is 13.9. The van der Waals surface area contributed by atoms with Gasteiger partial charge in [-0.1, -0.05) is 31.8 Å². The van der Waals surface area contributed by atoms with E-state index < -0.39 is 38.9 Å². The van der Waals surface area contributed by atoms with Crippen LogP contribution in [-0.4, -0.2) is 80.0 Å². The van der Waals surface area contributed by atoms with Gasteiger partial charge in [0.05, 0.1) is 30.4 Å². The van der Waals surface area contributed by atoms with Gasteiger partial charge < -0.3 is 18.9 Å².